The maximum atomic E-state index is 6.19. The molecule has 2 unspecified atom stereocenters. The topological polar surface area (TPSA) is 12.0 Å². The van der Waals surface area contributed by atoms with Crippen LogP contribution >= 0.6 is 11.6 Å². The van der Waals surface area contributed by atoms with Crippen LogP contribution in [0.1, 0.15) is 31.7 Å². The Hall–Kier alpha value is -0.690. The summed E-state index contributed by atoms with van der Waals surface area (Å²) in [7, 11) is 0. The highest BCUT2D eigenvalue weighted by atomic mass is 35.5. The average Bonchev–Trinajstić information content (AvgIpc) is 2.58. The van der Waals surface area contributed by atoms with Crippen molar-refractivity contribution in [3.63, 3.8) is 0 Å². The van der Waals surface area contributed by atoms with Crippen LogP contribution in [0.25, 0.3) is 0 Å². The lowest BCUT2D eigenvalue weighted by Gasteiger charge is -2.21. The molecule has 1 nitrogen and oxygen atoms in total. The highest BCUT2D eigenvalue weighted by Gasteiger charge is 2.23. The van der Waals surface area contributed by atoms with Crippen molar-refractivity contribution in [3.8, 4) is 0 Å². The van der Waals surface area contributed by atoms with Crippen molar-refractivity contribution >= 4 is 17.3 Å². The normalized spacial score (nSPS) is 25.5. The van der Waals surface area contributed by atoms with Gasteiger partial charge in [-0.1, -0.05) is 37.1 Å². The molecule has 0 saturated heterocycles. The summed E-state index contributed by atoms with van der Waals surface area (Å²) in [5, 5.41) is 4.44. The van der Waals surface area contributed by atoms with E-state index in [4.69, 9.17) is 11.6 Å². The molecule has 2 heteroatoms. The van der Waals surface area contributed by atoms with Gasteiger partial charge in [-0.2, -0.15) is 0 Å². The fraction of sp³-hybridized carbons (Fsp3) is 0.538. The summed E-state index contributed by atoms with van der Waals surface area (Å²) < 4.78 is 0. The number of halogens is 1. The molecule has 1 N–H and O–H groups in total. The van der Waals surface area contributed by atoms with Crippen LogP contribution in [0.15, 0.2) is 18.2 Å². The zero-order valence-corrected chi connectivity index (χ0v) is 10.1. The highest BCUT2D eigenvalue weighted by molar-refractivity contribution is 6.33. The van der Waals surface area contributed by atoms with Crippen molar-refractivity contribution in [2.24, 2.45) is 5.92 Å². The Labute approximate surface area is 96.8 Å². The first-order valence-electron chi connectivity index (χ1n) is 5.70. The molecule has 1 saturated carbocycles. The first-order valence-corrected chi connectivity index (χ1v) is 6.08. The molecule has 0 radical (unpaired) electrons. The molecule has 1 fully saturated rings. The number of hydrogen-bond donors (Lipinski definition) is 1. The minimum Gasteiger partial charge on any atom is -0.381 e. The van der Waals surface area contributed by atoms with Crippen molar-refractivity contribution in [1.29, 1.82) is 0 Å². The number of nitrogens with one attached hydrogen (secondary N) is 1. The molecule has 0 aromatic heterocycles. The Kier molecular flexibility index (Phi) is 3.20. The van der Waals surface area contributed by atoms with E-state index < -0.39 is 0 Å². The van der Waals surface area contributed by atoms with Gasteiger partial charge in [0.15, 0.2) is 0 Å². The van der Waals surface area contributed by atoms with Gasteiger partial charge in [-0.15, -0.1) is 0 Å². The summed E-state index contributed by atoms with van der Waals surface area (Å²) in [5.74, 6) is 0.765. The Balaban J connectivity index is 2.16. The number of anilines is 1. The van der Waals surface area contributed by atoms with Crippen LogP contribution in [0.5, 0.6) is 0 Å². The van der Waals surface area contributed by atoms with Gasteiger partial charge in [-0.25, -0.2) is 0 Å². The molecule has 1 aliphatic carbocycles. The SMILES string of the molecule is Cc1cccc(Cl)c1NC1CCCC1C. The lowest BCUT2D eigenvalue weighted by atomic mass is 10.1. The van der Waals surface area contributed by atoms with Gasteiger partial charge in [0.05, 0.1) is 10.7 Å². The molecule has 0 amide bonds. The van der Waals surface area contributed by atoms with Gasteiger partial charge in [-0.3, -0.25) is 0 Å². The molecular formula is C13H18ClN. The lowest BCUT2D eigenvalue weighted by Crippen LogP contribution is -2.22. The van der Waals surface area contributed by atoms with Crippen molar-refractivity contribution < 1.29 is 0 Å². The number of para-hydroxylation sites is 1. The monoisotopic (exact) mass is 223 g/mol. The Morgan fingerprint density at radius 2 is 2.13 bits per heavy atom. The molecule has 2 atom stereocenters. The molecule has 1 aliphatic rings. The first-order chi connectivity index (χ1) is 7.18. The largest absolute Gasteiger partial charge is 0.381 e. The van der Waals surface area contributed by atoms with Gasteiger partial charge in [0.25, 0.3) is 0 Å². The molecule has 0 spiro atoms. The van der Waals surface area contributed by atoms with E-state index in [-0.39, 0.29) is 0 Å². The Morgan fingerprint density at radius 3 is 2.73 bits per heavy atom. The smallest absolute Gasteiger partial charge is 0.0640 e. The predicted molar refractivity (Wildman–Crippen MR) is 66.6 cm³/mol. The van der Waals surface area contributed by atoms with Crippen LogP contribution in [-0.2, 0) is 0 Å². The lowest BCUT2D eigenvalue weighted by molar-refractivity contribution is 0.556. The van der Waals surface area contributed by atoms with E-state index in [9.17, 15) is 0 Å². The van der Waals surface area contributed by atoms with Crippen molar-refractivity contribution in [3.05, 3.63) is 28.8 Å². The van der Waals surface area contributed by atoms with Crippen LogP contribution in [0.2, 0.25) is 5.02 Å². The van der Waals surface area contributed by atoms with Gasteiger partial charge in [-0.05, 0) is 37.3 Å². The first kappa shape index (κ1) is 10.8. The molecule has 0 heterocycles. The summed E-state index contributed by atoms with van der Waals surface area (Å²) in [4.78, 5) is 0. The van der Waals surface area contributed by atoms with Crippen molar-refractivity contribution in [2.45, 2.75) is 39.2 Å². The summed E-state index contributed by atoms with van der Waals surface area (Å²) in [5.41, 5.74) is 2.36. The predicted octanol–water partition coefficient (Wildman–Crippen LogP) is 4.25. The van der Waals surface area contributed by atoms with Gasteiger partial charge >= 0.3 is 0 Å². The zero-order chi connectivity index (χ0) is 10.8. The van der Waals surface area contributed by atoms with Gasteiger partial charge in [0, 0.05) is 6.04 Å². The molecular weight excluding hydrogens is 206 g/mol. The van der Waals surface area contributed by atoms with E-state index in [0.29, 0.717) is 6.04 Å². The molecule has 82 valence electrons. The minimum absolute atomic E-state index is 0.601. The van der Waals surface area contributed by atoms with Crippen LogP contribution in [0.3, 0.4) is 0 Å². The fourth-order valence-electron chi connectivity index (χ4n) is 2.36. The van der Waals surface area contributed by atoms with Crippen molar-refractivity contribution in [2.75, 3.05) is 5.32 Å². The van der Waals surface area contributed by atoms with Crippen LogP contribution in [0, 0.1) is 12.8 Å². The molecule has 1 aromatic rings. The summed E-state index contributed by atoms with van der Waals surface area (Å²) >= 11 is 6.19. The second kappa shape index (κ2) is 4.44. The van der Waals surface area contributed by atoms with Crippen molar-refractivity contribution in [1.82, 2.24) is 0 Å². The van der Waals surface area contributed by atoms with E-state index in [1.807, 2.05) is 12.1 Å². The molecule has 0 bridgehead atoms. The Morgan fingerprint density at radius 1 is 1.33 bits per heavy atom. The number of rotatable bonds is 2. The molecule has 15 heavy (non-hydrogen) atoms. The average molecular weight is 224 g/mol. The standard InChI is InChI=1S/C13H18ClN/c1-9-5-4-8-12(9)15-13-10(2)6-3-7-11(13)14/h3,6-7,9,12,15H,4-5,8H2,1-2H3. The third-order valence-electron chi connectivity index (χ3n) is 3.41. The molecule has 2 rings (SSSR count). The van der Waals surface area contributed by atoms with E-state index in [1.165, 1.54) is 24.8 Å². The number of benzene rings is 1. The number of aryl methyl sites for hydroxylation is 1. The minimum atomic E-state index is 0.601. The van der Waals surface area contributed by atoms with Crippen LogP contribution in [-0.4, -0.2) is 6.04 Å². The summed E-state index contributed by atoms with van der Waals surface area (Å²) in [6, 6.07) is 6.66. The maximum absolute atomic E-state index is 6.19. The number of hydrogen-bond acceptors (Lipinski definition) is 1. The second-order valence-corrected chi connectivity index (χ2v) is 5.00. The van der Waals surface area contributed by atoms with E-state index in [1.54, 1.807) is 0 Å². The summed E-state index contributed by atoms with van der Waals surface area (Å²) in [6.45, 7) is 4.42. The molecule has 1 aromatic carbocycles. The van der Waals surface area contributed by atoms with Gasteiger partial charge in [0.1, 0.15) is 0 Å². The Bertz CT molecular complexity index is 328. The highest BCUT2D eigenvalue weighted by Crippen LogP contribution is 2.32. The molecule has 0 aliphatic heterocycles. The quantitative estimate of drug-likeness (QED) is 0.791. The zero-order valence-electron chi connectivity index (χ0n) is 9.39. The fourth-order valence-corrected chi connectivity index (χ4v) is 2.64. The van der Waals surface area contributed by atoms with Crippen LogP contribution < -0.4 is 5.32 Å². The van der Waals surface area contributed by atoms with Gasteiger partial charge in [0.2, 0.25) is 0 Å². The summed E-state index contributed by atoms with van der Waals surface area (Å²) in [6.07, 6.45) is 3.94. The van der Waals surface area contributed by atoms with E-state index in [2.05, 4.69) is 25.2 Å². The van der Waals surface area contributed by atoms with E-state index >= 15 is 0 Å². The third kappa shape index (κ3) is 2.28. The third-order valence-corrected chi connectivity index (χ3v) is 3.73. The van der Waals surface area contributed by atoms with E-state index in [0.717, 1.165) is 16.6 Å². The second-order valence-electron chi connectivity index (χ2n) is 4.59. The van der Waals surface area contributed by atoms with Crippen LogP contribution in [0.4, 0.5) is 5.69 Å². The van der Waals surface area contributed by atoms with Gasteiger partial charge < -0.3 is 5.32 Å². The maximum Gasteiger partial charge on any atom is 0.0640 e.